The Kier molecular flexibility index (Phi) is 6.92. The van der Waals surface area contributed by atoms with Crippen molar-refractivity contribution < 1.29 is 17.9 Å². The van der Waals surface area contributed by atoms with Crippen LogP contribution in [0.5, 0.6) is 5.75 Å². The number of hydrogen-bond donors (Lipinski definition) is 1. The maximum absolute atomic E-state index is 13.1. The molecule has 0 aliphatic carbocycles. The molecule has 1 aliphatic rings. The number of hydrogen-bond acceptors (Lipinski definition) is 4. The van der Waals surface area contributed by atoms with Crippen LogP contribution >= 0.6 is 0 Å². The molecule has 1 saturated heterocycles. The lowest BCUT2D eigenvalue weighted by Crippen LogP contribution is -2.45. The number of methoxy groups -OCH3 is 1. The zero-order chi connectivity index (χ0) is 20.9. The number of nitrogens with zero attached hydrogens (tertiary/aromatic N) is 1. The summed E-state index contributed by atoms with van der Waals surface area (Å²) in [6.45, 7) is 2.88. The fourth-order valence-electron chi connectivity index (χ4n) is 3.62. The van der Waals surface area contributed by atoms with Crippen molar-refractivity contribution >= 4 is 15.9 Å². The molecular weight excluding hydrogens is 388 g/mol. The van der Waals surface area contributed by atoms with Crippen LogP contribution in [0.25, 0.3) is 0 Å². The lowest BCUT2D eigenvalue weighted by atomic mass is 10.0. The van der Waals surface area contributed by atoms with Gasteiger partial charge in [0.1, 0.15) is 5.75 Å². The first-order valence-corrected chi connectivity index (χ1v) is 11.4. The Morgan fingerprint density at radius 2 is 1.79 bits per heavy atom. The number of benzene rings is 2. The molecule has 7 heteroatoms. The predicted molar refractivity (Wildman–Crippen MR) is 113 cm³/mol. The molecule has 1 aliphatic heterocycles. The summed E-state index contributed by atoms with van der Waals surface area (Å²) in [6, 6.07) is 13.8. The average Bonchev–Trinajstić information content (AvgIpc) is 2.74. The largest absolute Gasteiger partial charge is 0.497 e. The molecule has 2 aromatic carbocycles. The molecule has 29 heavy (non-hydrogen) atoms. The van der Waals surface area contributed by atoms with Gasteiger partial charge in [-0.2, -0.15) is 4.31 Å². The van der Waals surface area contributed by atoms with Gasteiger partial charge in [0, 0.05) is 24.7 Å². The molecule has 0 spiro atoms. The number of ether oxygens (including phenoxy) is 1. The summed E-state index contributed by atoms with van der Waals surface area (Å²) in [4.78, 5) is 12.7. The van der Waals surface area contributed by atoms with Gasteiger partial charge >= 0.3 is 0 Å². The Labute approximate surface area is 172 Å². The number of carbonyl (C=O) groups excluding carboxylic acids is 1. The first-order valence-electron chi connectivity index (χ1n) is 9.92. The Morgan fingerprint density at radius 3 is 2.45 bits per heavy atom. The fraction of sp³-hybridized carbons (Fsp3) is 0.409. The highest BCUT2D eigenvalue weighted by atomic mass is 32.2. The fourth-order valence-corrected chi connectivity index (χ4v) is 5.34. The third-order valence-electron chi connectivity index (χ3n) is 5.32. The van der Waals surface area contributed by atoms with E-state index in [2.05, 4.69) is 5.32 Å². The van der Waals surface area contributed by atoms with Crippen LogP contribution in [-0.4, -0.2) is 44.9 Å². The lowest BCUT2D eigenvalue weighted by Gasteiger charge is -2.34. The highest BCUT2D eigenvalue weighted by molar-refractivity contribution is 7.89. The number of amides is 1. The molecule has 1 fully saturated rings. The van der Waals surface area contributed by atoms with Gasteiger partial charge in [-0.1, -0.05) is 24.1 Å². The van der Waals surface area contributed by atoms with E-state index in [1.807, 2.05) is 19.1 Å². The van der Waals surface area contributed by atoms with Crippen molar-refractivity contribution in [3.63, 3.8) is 0 Å². The minimum atomic E-state index is -3.53. The van der Waals surface area contributed by atoms with E-state index >= 15 is 0 Å². The summed E-state index contributed by atoms with van der Waals surface area (Å²) >= 11 is 0. The number of rotatable bonds is 7. The predicted octanol–water partition coefficient (Wildman–Crippen LogP) is 3.37. The van der Waals surface area contributed by atoms with Crippen LogP contribution < -0.4 is 10.1 Å². The number of carbonyl (C=O) groups is 1. The molecule has 0 bridgehead atoms. The summed E-state index contributed by atoms with van der Waals surface area (Å²) in [5.74, 6) is 0.525. The van der Waals surface area contributed by atoms with Crippen molar-refractivity contribution in [2.45, 2.75) is 43.5 Å². The van der Waals surface area contributed by atoms with Gasteiger partial charge in [-0.15, -0.1) is 0 Å². The van der Waals surface area contributed by atoms with Crippen molar-refractivity contribution in [3.8, 4) is 5.75 Å². The number of piperidine rings is 1. The van der Waals surface area contributed by atoms with Gasteiger partial charge in [0.05, 0.1) is 12.0 Å². The van der Waals surface area contributed by atoms with Crippen LogP contribution in [0.3, 0.4) is 0 Å². The number of aryl methyl sites for hydroxylation is 1. The van der Waals surface area contributed by atoms with E-state index in [-0.39, 0.29) is 11.9 Å². The van der Waals surface area contributed by atoms with Crippen LogP contribution in [0.4, 0.5) is 0 Å². The maximum Gasteiger partial charge on any atom is 0.251 e. The van der Waals surface area contributed by atoms with Crippen LogP contribution in [0.15, 0.2) is 53.4 Å². The summed E-state index contributed by atoms with van der Waals surface area (Å²) in [5.41, 5.74) is 1.58. The molecule has 0 radical (unpaired) electrons. The van der Waals surface area contributed by atoms with E-state index in [4.69, 9.17) is 4.74 Å². The third-order valence-corrected chi connectivity index (χ3v) is 7.28. The molecule has 6 nitrogen and oxygen atoms in total. The standard InChI is InChI=1S/C22H28N2O4S/c1-17-6-12-21(13-7-17)29(26,27)24-16-4-3-5-19(24)14-15-23-22(25)18-8-10-20(28-2)11-9-18/h6-13,19H,3-5,14-16H2,1-2H3,(H,23,25). The SMILES string of the molecule is COc1ccc(C(=O)NCCC2CCCCN2S(=O)(=O)c2ccc(C)cc2)cc1. The molecule has 1 atom stereocenters. The molecule has 2 aromatic rings. The van der Waals surface area contributed by atoms with Crippen LogP contribution in [-0.2, 0) is 10.0 Å². The first-order chi connectivity index (χ1) is 13.9. The highest BCUT2D eigenvalue weighted by Crippen LogP contribution is 2.27. The van der Waals surface area contributed by atoms with E-state index < -0.39 is 10.0 Å². The molecule has 1 unspecified atom stereocenters. The summed E-state index contributed by atoms with van der Waals surface area (Å²) in [5, 5.41) is 2.90. The van der Waals surface area contributed by atoms with Crippen molar-refractivity contribution in [3.05, 3.63) is 59.7 Å². The van der Waals surface area contributed by atoms with Crippen molar-refractivity contribution in [1.82, 2.24) is 9.62 Å². The third kappa shape index (κ3) is 5.16. The van der Waals surface area contributed by atoms with Crippen LogP contribution in [0.2, 0.25) is 0 Å². The molecule has 3 rings (SSSR count). The Bertz CT molecular complexity index is 924. The summed E-state index contributed by atoms with van der Waals surface area (Å²) < 4.78 is 32.9. The highest BCUT2D eigenvalue weighted by Gasteiger charge is 2.33. The Hall–Kier alpha value is -2.38. The van der Waals surface area contributed by atoms with Gasteiger partial charge in [-0.3, -0.25) is 4.79 Å². The zero-order valence-electron chi connectivity index (χ0n) is 16.9. The molecule has 1 heterocycles. The molecule has 156 valence electrons. The summed E-state index contributed by atoms with van der Waals surface area (Å²) in [7, 11) is -1.95. The van der Waals surface area contributed by atoms with E-state index in [0.29, 0.717) is 35.7 Å². The normalized spacial score (nSPS) is 17.7. The van der Waals surface area contributed by atoms with Gasteiger partial charge in [0.25, 0.3) is 5.91 Å². The van der Waals surface area contributed by atoms with Crippen LogP contribution in [0, 0.1) is 6.92 Å². The second-order valence-corrected chi connectivity index (χ2v) is 9.24. The quantitative estimate of drug-likeness (QED) is 0.751. The van der Waals surface area contributed by atoms with Gasteiger partial charge < -0.3 is 10.1 Å². The second kappa shape index (κ2) is 9.41. The van der Waals surface area contributed by atoms with E-state index in [1.54, 1.807) is 47.8 Å². The monoisotopic (exact) mass is 416 g/mol. The molecule has 1 N–H and O–H groups in total. The minimum Gasteiger partial charge on any atom is -0.497 e. The van der Waals surface area contributed by atoms with E-state index in [0.717, 1.165) is 24.8 Å². The number of sulfonamides is 1. The zero-order valence-corrected chi connectivity index (χ0v) is 17.7. The molecule has 0 aromatic heterocycles. The maximum atomic E-state index is 13.1. The minimum absolute atomic E-state index is 0.105. The Balaban J connectivity index is 1.62. The number of nitrogens with one attached hydrogen (secondary N) is 1. The second-order valence-electron chi connectivity index (χ2n) is 7.35. The lowest BCUT2D eigenvalue weighted by molar-refractivity contribution is 0.0949. The molecule has 1 amide bonds. The van der Waals surface area contributed by atoms with Crippen molar-refractivity contribution in [2.75, 3.05) is 20.2 Å². The molecule has 0 saturated carbocycles. The average molecular weight is 417 g/mol. The van der Waals surface area contributed by atoms with Crippen molar-refractivity contribution in [2.24, 2.45) is 0 Å². The van der Waals surface area contributed by atoms with Gasteiger partial charge in [0.2, 0.25) is 10.0 Å². The summed E-state index contributed by atoms with van der Waals surface area (Å²) in [6.07, 6.45) is 3.26. The van der Waals surface area contributed by atoms with E-state index in [1.165, 1.54) is 0 Å². The van der Waals surface area contributed by atoms with Gasteiger partial charge in [0.15, 0.2) is 0 Å². The Morgan fingerprint density at radius 1 is 1.10 bits per heavy atom. The first kappa shape index (κ1) is 21.3. The van der Waals surface area contributed by atoms with Gasteiger partial charge in [-0.05, 0) is 62.6 Å². The molecular formula is C22H28N2O4S. The van der Waals surface area contributed by atoms with Crippen LogP contribution in [0.1, 0.15) is 41.6 Å². The smallest absolute Gasteiger partial charge is 0.251 e. The van der Waals surface area contributed by atoms with E-state index in [9.17, 15) is 13.2 Å². The topological polar surface area (TPSA) is 75.7 Å². The van der Waals surface area contributed by atoms with Crippen molar-refractivity contribution in [1.29, 1.82) is 0 Å². The van der Waals surface area contributed by atoms with Gasteiger partial charge in [-0.25, -0.2) is 8.42 Å².